The smallest absolute Gasteiger partial charge is 0.268 e. The molecule has 0 fully saturated rings. The Bertz CT molecular complexity index is 1110. The van der Waals surface area contributed by atoms with Gasteiger partial charge in [0.15, 0.2) is 0 Å². The molecule has 0 saturated heterocycles. The van der Waals surface area contributed by atoms with Gasteiger partial charge in [-0.1, -0.05) is 230 Å². The predicted molar refractivity (Wildman–Crippen MR) is 265 cm³/mol. The van der Waals surface area contributed by atoms with Crippen molar-refractivity contribution in [2.45, 2.75) is 257 Å². The van der Waals surface area contributed by atoms with Gasteiger partial charge in [0.2, 0.25) is 5.91 Å². The van der Waals surface area contributed by atoms with Crippen LogP contribution in [0.4, 0.5) is 0 Å². The second-order valence-corrected chi connectivity index (χ2v) is 20.6. The summed E-state index contributed by atoms with van der Waals surface area (Å²) in [5.41, 5.74) is 0. The first-order valence-electron chi connectivity index (χ1n) is 26.4. The van der Waals surface area contributed by atoms with Crippen LogP contribution in [-0.4, -0.2) is 68.5 Å². The number of phosphoric acid groups is 1. The highest BCUT2D eigenvalue weighted by atomic mass is 31.2. The van der Waals surface area contributed by atoms with Crippen molar-refractivity contribution in [3.63, 3.8) is 0 Å². The van der Waals surface area contributed by atoms with Crippen LogP contribution in [0.15, 0.2) is 36.5 Å². The number of hydrogen-bond acceptors (Lipinski definition) is 6. The van der Waals surface area contributed by atoms with Gasteiger partial charge in [-0.05, 0) is 44.9 Å². The standard InChI is InChI=1S/C53H103N2O6P/c1-6-8-10-12-14-16-18-20-21-22-23-24-25-26-27-28-29-30-31-32-33-35-37-39-41-43-45-47-53(57)54-51(50-61-62(58,59)60-49-48-55(3,4)5)52(56)46-44-42-40-38-36-34-19-17-15-13-11-9-7-2/h15,17,36,38,44,46,51-52,56H,6-14,16,18-35,37,39-43,45,47-50H2,1-5H3,(H-,54,57,58,59)/b17-15+,38-36+,46-44+. The molecule has 8 nitrogen and oxygen atoms in total. The maximum atomic E-state index is 12.9. The van der Waals surface area contributed by atoms with Gasteiger partial charge in [-0.15, -0.1) is 0 Å². The molecule has 0 rings (SSSR count). The fraction of sp³-hybridized carbons (Fsp3) is 0.868. The van der Waals surface area contributed by atoms with E-state index >= 15 is 0 Å². The number of amides is 1. The molecule has 0 aliphatic rings. The number of likely N-dealkylation sites (N-methyl/N-ethyl adjacent to an activating group) is 1. The normalized spacial score (nSPS) is 14.4. The molecule has 0 spiro atoms. The number of quaternary nitrogens is 1. The van der Waals surface area contributed by atoms with Crippen LogP contribution in [0.25, 0.3) is 0 Å². The van der Waals surface area contributed by atoms with Gasteiger partial charge in [0, 0.05) is 6.42 Å². The monoisotopic (exact) mass is 895 g/mol. The molecule has 0 aromatic heterocycles. The third-order valence-electron chi connectivity index (χ3n) is 11.8. The summed E-state index contributed by atoms with van der Waals surface area (Å²) in [5.74, 6) is -0.209. The summed E-state index contributed by atoms with van der Waals surface area (Å²) in [6, 6.07) is -0.906. The molecule has 0 aromatic carbocycles. The maximum Gasteiger partial charge on any atom is 0.268 e. The first-order chi connectivity index (χ1) is 30.0. The van der Waals surface area contributed by atoms with Gasteiger partial charge in [0.05, 0.1) is 39.9 Å². The van der Waals surface area contributed by atoms with Crippen molar-refractivity contribution in [1.82, 2.24) is 5.32 Å². The summed E-state index contributed by atoms with van der Waals surface area (Å²) >= 11 is 0. The van der Waals surface area contributed by atoms with E-state index in [1.54, 1.807) is 6.08 Å². The highest BCUT2D eigenvalue weighted by Gasteiger charge is 2.23. The van der Waals surface area contributed by atoms with E-state index in [0.717, 1.165) is 51.4 Å². The van der Waals surface area contributed by atoms with Crippen molar-refractivity contribution in [1.29, 1.82) is 0 Å². The predicted octanol–water partition coefficient (Wildman–Crippen LogP) is 14.8. The lowest BCUT2D eigenvalue weighted by molar-refractivity contribution is -0.870. The molecule has 366 valence electrons. The maximum absolute atomic E-state index is 12.9. The van der Waals surface area contributed by atoms with E-state index in [-0.39, 0.29) is 12.5 Å². The van der Waals surface area contributed by atoms with Crippen LogP contribution in [0.3, 0.4) is 0 Å². The Balaban J connectivity index is 4.14. The number of carbonyl (C=O) groups excluding carboxylic acids is 1. The molecule has 0 radical (unpaired) electrons. The van der Waals surface area contributed by atoms with E-state index in [4.69, 9.17) is 9.05 Å². The zero-order valence-corrected chi connectivity index (χ0v) is 42.5. The zero-order chi connectivity index (χ0) is 45.7. The number of aliphatic hydroxyl groups excluding tert-OH is 1. The van der Waals surface area contributed by atoms with Crippen molar-refractivity contribution in [2.24, 2.45) is 0 Å². The molecule has 1 amide bonds. The molecule has 0 saturated carbocycles. The van der Waals surface area contributed by atoms with Gasteiger partial charge >= 0.3 is 0 Å². The molecule has 9 heteroatoms. The quantitative estimate of drug-likeness (QED) is 0.0273. The second-order valence-electron chi connectivity index (χ2n) is 19.2. The van der Waals surface area contributed by atoms with Crippen LogP contribution in [-0.2, 0) is 18.4 Å². The third kappa shape index (κ3) is 46.7. The molecule has 0 aliphatic heterocycles. The fourth-order valence-electron chi connectivity index (χ4n) is 7.66. The Hall–Kier alpha value is -1.28. The van der Waals surface area contributed by atoms with E-state index in [1.807, 2.05) is 27.2 Å². The van der Waals surface area contributed by atoms with Crippen molar-refractivity contribution in [3.8, 4) is 0 Å². The highest BCUT2D eigenvalue weighted by molar-refractivity contribution is 7.45. The third-order valence-corrected chi connectivity index (χ3v) is 12.8. The van der Waals surface area contributed by atoms with Gasteiger partial charge in [-0.3, -0.25) is 9.36 Å². The lowest BCUT2D eigenvalue weighted by atomic mass is 10.0. The van der Waals surface area contributed by atoms with Crippen molar-refractivity contribution < 1.29 is 32.9 Å². The average molecular weight is 895 g/mol. The molecule has 2 N–H and O–H groups in total. The SMILES string of the molecule is CCCCC/C=C/CC/C=C/CC/C=C/C(O)C(COP(=O)([O-])OCC[N+](C)(C)C)NC(=O)CCCCCCCCCCCCCCCCCCCCCCCCCCCCC. The molecule has 3 atom stereocenters. The van der Waals surface area contributed by atoms with Gasteiger partial charge < -0.3 is 28.8 Å². The number of rotatable bonds is 48. The number of phosphoric ester groups is 1. The first kappa shape index (κ1) is 60.7. The van der Waals surface area contributed by atoms with E-state index in [9.17, 15) is 19.4 Å². The largest absolute Gasteiger partial charge is 0.756 e. The van der Waals surface area contributed by atoms with E-state index in [1.165, 1.54) is 173 Å². The minimum absolute atomic E-state index is 0.00778. The minimum Gasteiger partial charge on any atom is -0.756 e. The van der Waals surface area contributed by atoms with E-state index in [0.29, 0.717) is 17.4 Å². The van der Waals surface area contributed by atoms with Gasteiger partial charge in [0.1, 0.15) is 13.2 Å². The number of unbranched alkanes of at least 4 members (excludes halogenated alkanes) is 31. The van der Waals surface area contributed by atoms with Crippen molar-refractivity contribution in [2.75, 3.05) is 40.9 Å². The lowest BCUT2D eigenvalue weighted by Crippen LogP contribution is -2.45. The fourth-order valence-corrected chi connectivity index (χ4v) is 8.38. The molecular weight excluding hydrogens is 792 g/mol. The average Bonchev–Trinajstić information content (AvgIpc) is 3.23. The van der Waals surface area contributed by atoms with Crippen molar-refractivity contribution in [3.05, 3.63) is 36.5 Å². The van der Waals surface area contributed by atoms with Gasteiger partial charge in [0.25, 0.3) is 7.82 Å². The summed E-state index contributed by atoms with van der Waals surface area (Å²) in [5, 5.41) is 13.8. The molecule has 0 heterocycles. The summed E-state index contributed by atoms with van der Waals surface area (Å²) in [4.78, 5) is 25.4. The van der Waals surface area contributed by atoms with Crippen LogP contribution >= 0.6 is 7.82 Å². The molecule has 3 unspecified atom stereocenters. The van der Waals surface area contributed by atoms with Crippen LogP contribution < -0.4 is 10.2 Å². The van der Waals surface area contributed by atoms with Crippen LogP contribution in [0.5, 0.6) is 0 Å². The summed E-state index contributed by atoms with van der Waals surface area (Å²) in [6.45, 7) is 4.60. The number of nitrogens with zero attached hydrogens (tertiary/aromatic N) is 1. The van der Waals surface area contributed by atoms with Crippen LogP contribution in [0.2, 0.25) is 0 Å². The number of carbonyl (C=O) groups is 1. The van der Waals surface area contributed by atoms with E-state index in [2.05, 4.69) is 43.5 Å². The summed E-state index contributed by atoms with van der Waals surface area (Å²) < 4.78 is 23.2. The summed E-state index contributed by atoms with van der Waals surface area (Å²) in [7, 11) is 1.24. The molecule has 0 aromatic rings. The Morgan fingerprint density at radius 1 is 0.548 bits per heavy atom. The Morgan fingerprint density at radius 3 is 1.31 bits per heavy atom. The molecule has 62 heavy (non-hydrogen) atoms. The molecule has 0 bridgehead atoms. The minimum atomic E-state index is -4.60. The number of hydrogen-bond donors (Lipinski definition) is 2. The molecule has 0 aliphatic carbocycles. The highest BCUT2D eigenvalue weighted by Crippen LogP contribution is 2.38. The lowest BCUT2D eigenvalue weighted by Gasteiger charge is -2.29. The Kier molecular flexibility index (Phi) is 44.0. The van der Waals surface area contributed by atoms with Crippen molar-refractivity contribution >= 4 is 13.7 Å². The van der Waals surface area contributed by atoms with Crippen LogP contribution in [0.1, 0.15) is 245 Å². The van der Waals surface area contributed by atoms with E-state index < -0.39 is 26.6 Å². The number of nitrogens with one attached hydrogen (secondary N) is 1. The topological polar surface area (TPSA) is 108 Å². The first-order valence-corrected chi connectivity index (χ1v) is 27.8. The van der Waals surface area contributed by atoms with Gasteiger partial charge in [-0.2, -0.15) is 0 Å². The Labute approximate surface area is 385 Å². The zero-order valence-electron chi connectivity index (χ0n) is 41.6. The second kappa shape index (κ2) is 44.9. The number of aliphatic hydroxyl groups is 1. The number of allylic oxidation sites excluding steroid dienone is 5. The molecular formula is C53H103N2O6P. The summed E-state index contributed by atoms with van der Waals surface area (Å²) in [6.07, 6.45) is 56.5. The van der Waals surface area contributed by atoms with Gasteiger partial charge in [-0.25, -0.2) is 0 Å². The Morgan fingerprint density at radius 2 is 0.903 bits per heavy atom. The van der Waals surface area contributed by atoms with Crippen LogP contribution in [0, 0.1) is 0 Å².